The van der Waals surface area contributed by atoms with Crippen LogP contribution in [-0.4, -0.2) is 28.1 Å². The lowest BCUT2D eigenvalue weighted by molar-refractivity contribution is 0.112. The van der Waals surface area contributed by atoms with Gasteiger partial charge in [0.2, 0.25) is 0 Å². The predicted octanol–water partition coefficient (Wildman–Crippen LogP) is -1.22. The Morgan fingerprint density at radius 2 is 2.15 bits per heavy atom. The van der Waals surface area contributed by atoms with Crippen LogP contribution in [0.2, 0.25) is 0 Å². The molecule has 0 saturated heterocycles. The van der Waals surface area contributed by atoms with Crippen molar-refractivity contribution in [1.29, 1.82) is 0 Å². The minimum absolute atomic E-state index is 0.0249. The fourth-order valence-corrected chi connectivity index (χ4v) is 0.667. The zero-order valence-corrected chi connectivity index (χ0v) is 7.39. The summed E-state index contributed by atoms with van der Waals surface area (Å²) in [5.41, 5.74) is 5.01. The molecule has 0 spiro atoms. The zero-order chi connectivity index (χ0) is 10.4. The number of anilines is 1. The molecule has 1 aromatic heterocycles. The van der Waals surface area contributed by atoms with Crippen LogP contribution in [0.25, 0.3) is 0 Å². The molecule has 0 amide bonds. The molecule has 1 aromatic rings. The van der Waals surface area contributed by atoms with Gasteiger partial charge in [-0.05, 0) is 0 Å². The number of aldehydes is 1. The maximum Gasteiger partial charge on any atom is 0.349 e. The highest BCUT2D eigenvalue weighted by Crippen LogP contribution is 1.98. The predicted molar refractivity (Wildman–Crippen MR) is 47.4 cm³/mol. The zero-order valence-electron chi connectivity index (χ0n) is 7.39. The summed E-state index contributed by atoms with van der Waals surface area (Å²) >= 11 is 0. The quantitative estimate of drug-likeness (QED) is 0.534. The SMILES string of the molecule is CO.Cn1cc(C=O)c(N)nc1=O. The number of carbonyl (C=O) groups is 1. The first-order chi connectivity index (χ1) is 6.15. The lowest BCUT2D eigenvalue weighted by Gasteiger charge is -1.98. The van der Waals surface area contributed by atoms with E-state index in [1.165, 1.54) is 17.8 Å². The molecular weight excluding hydrogens is 174 g/mol. The summed E-state index contributed by atoms with van der Waals surface area (Å²) in [7, 11) is 2.50. The number of nitrogens with zero attached hydrogens (tertiary/aromatic N) is 2. The van der Waals surface area contributed by atoms with Crippen molar-refractivity contribution >= 4 is 12.1 Å². The van der Waals surface area contributed by atoms with Gasteiger partial charge in [-0.15, -0.1) is 0 Å². The number of aromatic nitrogens is 2. The normalized spacial score (nSPS) is 8.54. The van der Waals surface area contributed by atoms with Crippen molar-refractivity contribution in [2.24, 2.45) is 7.05 Å². The average Bonchev–Trinajstić information content (AvgIpc) is 2.15. The van der Waals surface area contributed by atoms with E-state index in [9.17, 15) is 9.59 Å². The fourth-order valence-electron chi connectivity index (χ4n) is 0.667. The van der Waals surface area contributed by atoms with Gasteiger partial charge in [-0.1, -0.05) is 0 Å². The number of nitrogens with two attached hydrogens (primary N) is 1. The Morgan fingerprint density at radius 3 is 2.62 bits per heavy atom. The van der Waals surface area contributed by atoms with Crippen molar-refractivity contribution in [2.75, 3.05) is 12.8 Å². The standard InChI is InChI=1S/C6H7N3O2.CH4O/c1-9-2-4(3-10)5(7)8-6(9)11;1-2/h2-3H,1H3,(H2,7,8,11);2H,1H3. The Kier molecular flexibility index (Phi) is 4.39. The molecule has 0 saturated carbocycles. The van der Waals surface area contributed by atoms with E-state index in [1.54, 1.807) is 0 Å². The minimum atomic E-state index is -0.465. The first-order valence-electron chi connectivity index (χ1n) is 3.38. The van der Waals surface area contributed by atoms with Gasteiger partial charge in [-0.25, -0.2) is 4.79 Å². The number of nitrogen functional groups attached to an aromatic ring is 1. The third-order valence-corrected chi connectivity index (χ3v) is 1.27. The van der Waals surface area contributed by atoms with E-state index in [0.717, 1.165) is 7.11 Å². The Bertz CT molecular complexity index is 345. The summed E-state index contributed by atoms with van der Waals surface area (Å²) in [6.07, 6.45) is 1.90. The maximum absolute atomic E-state index is 10.8. The van der Waals surface area contributed by atoms with Crippen LogP contribution in [0, 0.1) is 0 Å². The van der Waals surface area contributed by atoms with E-state index in [-0.39, 0.29) is 11.4 Å². The van der Waals surface area contributed by atoms with Crippen LogP contribution in [0.5, 0.6) is 0 Å². The summed E-state index contributed by atoms with van der Waals surface area (Å²) in [6.45, 7) is 0. The second-order valence-corrected chi connectivity index (χ2v) is 2.09. The fraction of sp³-hybridized carbons (Fsp3) is 0.286. The number of aliphatic hydroxyl groups is 1. The number of carbonyl (C=O) groups excluding carboxylic acids is 1. The number of aryl methyl sites for hydroxylation is 1. The van der Waals surface area contributed by atoms with Crippen molar-refractivity contribution in [3.8, 4) is 0 Å². The highest BCUT2D eigenvalue weighted by Gasteiger charge is 2.00. The van der Waals surface area contributed by atoms with Crippen molar-refractivity contribution in [3.05, 3.63) is 22.2 Å². The van der Waals surface area contributed by atoms with Crippen LogP contribution in [0.4, 0.5) is 5.82 Å². The van der Waals surface area contributed by atoms with Crippen LogP contribution < -0.4 is 11.4 Å². The van der Waals surface area contributed by atoms with Gasteiger partial charge in [-0.3, -0.25) is 4.79 Å². The van der Waals surface area contributed by atoms with Crippen molar-refractivity contribution in [3.63, 3.8) is 0 Å². The lowest BCUT2D eigenvalue weighted by atomic mass is 10.3. The van der Waals surface area contributed by atoms with Gasteiger partial charge < -0.3 is 15.4 Å². The van der Waals surface area contributed by atoms with Gasteiger partial charge in [0.1, 0.15) is 5.82 Å². The molecule has 0 aliphatic rings. The molecule has 0 aliphatic carbocycles. The first-order valence-corrected chi connectivity index (χ1v) is 3.38. The molecule has 0 atom stereocenters. The average molecular weight is 185 g/mol. The third-order valence-electron chi connectivity index (χ3n) is 1.27. The highest BCUT2D eigenvalue weighted by atomic mass is 16.2. The van der Waals surface area contributed by atoms with Crippen LogP contribution in [0.3, 0.4) is 0 Å². The monoisotopic (exact) mass is 185 g/mol. The van der Waals surface area contributed by atoms with Gasteiger partial charge in [0.15, 0.2) is 6.29 Å². The van der Waals surface area contributed by atoms with Gasteiger partial charge in [0, 0.05) is 20.4 Å². The largest absolute Gasteiger partial charge is 0.400 e. The highest BCUT2D eigenvalue weighted by molar-refractivity contribution is 5.80. The molecule has 0 aliphatic heterocycles. The second-order valence-electron chi connectivity index (χ2n) is 2.09. The van der Waals surface area contributed by atoms with E-state index >= 15 is 0 Å². The molecule has 3 N–H and O–H groups in total. The first kappa shape index (κ1) is 11.3. The number of hydrogen-bond acceptors (Lipinski definition) is 5. The Hall–Kier alpha value is -1.69. The molecule has 1 heterocycles. The van der Waals surface area contributed by atoms with Crippen molar-refractivity contribution < 1.29 is 9.90 Å². The molecule has 1 rings (SSSR count). The van der Waals surface area contributed by atoms with Crippen molar-refractivity contribution in [2.45, 2.75) is 0 Å². The Morgan fingerprint density at radius 1 is 1.62 bits per heavy atom. The van der Waals surface area contributed by atoms with Crippen LogP contribution in [0.15, 0.2) is 11.0 Å². The summed E-state index contributed by atoms with van der Waals surface area (Å²) in [6, 6.07) is 0. The molecular formula is C7H11N3O3. The van der Waals surface area contributed by atoms with Gasteiger partial charge in [0.25, 0.3) is 0 Å². The lowest BCUT2D eigenvalue weighted by Crippen LogP contribution is -2.21. The number of aliphatic hydroxyl groups excluding tert-OH is 1. The molecule has 13 heavy (non-hydrogen) atoms. The Labute approximate surface area is 74.6 Å². The summed E-state index contributed by atoms with van der Waals surface area (Å²) in [4.78, 5) is 24.4. The van der Waals surface area contributed by atoms with Crippen molar-refractivity contribution in [1.82, 2.24) is 9.55 Å². The molecule has 6 nitrogen and oxygen atoms in total. The molecule has 0 fully saturated rings. The molecule has 6 heteroatoms. The van der Waals surface area contributed by atoms with Crippen LogP contribution in [0.1, 0.15) is 10.4 Å². The van der Waals surface area contributed by atoms with Gasteiger partial charge in [0.05, 0.1) is 5.56 Å². The number of rotatable bonds is 1. The van der Waals surface area contributed by atoms with E-state index in [4.69, 9.17) is 10.8 Å². The summed E-state index contributed by atoms with van der Waals surface area (Å²) in [5.74, 6) is -0.0249. The third kappa shape index (κ3) is 2.68. The Balaban J connectivity index is 0.000000671. The topological polar surface area (TPSA) is 98.2 Å². The van der Waals surface area contributed by atoms with E-state index in [0.29, 0.717) is 6.29 Å². The summed E-state index contributed by atoms with van der Waals surface area (Å²) in [5, 5.41) is 7.00. The molecule has 0 unspecified atom stereocenters. The maximum atomic E-state index is 10.8. The minimum Gasteiger partial charge on any atom is -0.400 e. The van der Waals surface area contributed by atoms with Gasteiger partial charge >= 0.3 is 5.69 Å². The van der Waals surface area contributed by atoms with Crippen LogP contribution in [-0.2, 0) is 7.05 Å². The van der Waals surface area contributed by atoms with E-state index in [2.05, 4.69) is 4.98 Å². The van der Waals surface area contributed by atoms with Gasteiger partial charge in [-0.2, -0.15) is 4.98 Å². The molecule has 0 aromatic carbocycles. The summed E-state index contributed by atoms with van der Waals surface area (Å²) < 4.78 is 1.19. The van der Waals surface area contributed by atoms with Crippen LogP contribution >= 0.6 is 0 Å². The molecule has 0 radical (unpaired) electrons. The van der Waals surface area contributed by atoms with E-state index in [1.807, 2.05) is 0 Å². The smallest absolute Gasteiger partial charge is 0.349 e. The van der Waals surface area contributed by atoms with E-state index < -0.39 is 5.69 Å². The number of hydrogen-bond donors (Lipinski definition) is 2. The molecule has 0 bridgehead atoms. The molecule has 72 valence electrons. The second kappa shape index (κ2) is 5.04.